The zero-order chi connectivity index (χ0) is 44.7. The van der Waals surface area contributed by atoms with E-state index in [9.17, 15) is 31.1 Å². The third-order valence-electron chi connectivity index (χ3n) is 10.1. The van der Waals surface area contributed by atoms with Crippen LogP contribution in [0, 0.1) is 6.07 Å². The number of pyridine rings is 1. The van der Waals surface area contributed by atoms with E-state index in [0.29, 0.717) is 11.6 Å². The molecule has 1 N–H and O–H groups in total. The van der Waals surface area contributed by atoms with Crippen molar-refractivity contribution >= 4 is 5.78 Å². The number of carbonyl (C=O) groups is 1. The second kappa shape index (κ2) is 20.1. The average Bonchev–Trinajstić information content (AvgIpc) is 3.28. The van der Waals surface area contributed by atoms with Gasteiger partial charge in [0.25, 0.3) is 0 Å². The minimum atomic E-state index is -5.05. The van der Waals surface area contributed by atoms with Gasteiger partial charge in [0.05, 0.1) is 5.76 Å². The molecule has 8 rings (SSSR count). The Morgan fingerprint density at radius 1 is 0.500 bits per heavy atom. The Morgan fingerprint density at radius 2 is 0.844 bits per heavy atom. The first-order valence-electron chi connectivity index (χ1n) is 19.8. The van der Waals surface area contributed by atoms with E-state index < -0.39 is 29.0 Å². The molecule has 1 heterocycles. The Morgan fingerprint density at radius 3 is 1.09 bits per heavy atom. The Bertz CT molecular complexity index is 2730. The fourth-order valence-corrected chi connectivity index (χ4v) is 7.53. The fraction of sp³-hybridized carbons (Fsp3) is 0.0741. The molecule has 1 radical (unpaired) electrons. The molecule has 0 saturated heterocycles. The SMILES string of the molecule is CC(=O)/C=C(/C)O.FC(F)(F)c1[c-]c(-c2ccc(-c3c(-c4ccccc4)c(-c4ccccc4)c(-c4ccccc4)c(-c4ccccc4)c3-c3ccccc3)cn2)cc(C(F)(F)F)c1.[Ir]. The van der Waals surface area contributed by atoms with Crippen molar-refractivity contribution in [2.75, 3.05) is 0 Å². The monoisotopic (exact) mass is 1040 g/mol. The van der Waals surface area contributed by atoms with Crippen LogP contribution in [0.25, 0.3) is 78.0 Å². The molecule has 0 atom stereocenters. The van der Waals surface area contributed by atoms with E-state index in [-0.39, 0.29) is 43.4 Å². The largest absolute Gasteiger partial charge is 0.512 e. The topological polar surface area (TPSA) is 50.2 Å². The van der Waals surface area contributed by atoms with E-state index in [1.807, 2.05) is 115 Å². The molecule has 323 valence electrons. The Kier molecular flexibility index (Phi) is 14.6. The number of allylic oxidation sites excluding steroid dienone is 2. The van der Waals surface area contributed by atoms with Crippen molar-refractivity contribution in [3.63, 3.8) is 0 Å². The smallest absolute Gasteiger partial charge is 0.399 e. The normalized spacial score (nSPS) is 11.5. The summed E-state index contributed by atoms with van der Waals surface area (Å²) in [7, 11) is 0. The molecule has 64 heavy (non-hydrogen) atoms. The number of carbonyl (C=O) groups excluding carboxylic acids is 1. The van der Waals surface area contributed by atoms with Crippen LogP contribution >= 0.6 is 0 Å². The van der Waals surface area contributed by atoms with Gasteiger partial charge < -0.3 is 10.1 Å². The second-order valence-corrected chi connectivity index (χ2v) is 14.6. The van der Waals surface area contributed by atoms with Crippen molar-refractivity contribution in [2.24, 2.45) is 0 Å². The molecule has 0 saturated carbocycles. The summed E-state index contributed by atoms with van der Waals surface area (Å²) in [6.07, 6.45) is -7.37. The molecule has 3 nitrogen and oxygen atoms in total. The molecule has 1 aromatic heterocycles. The molecular weight excluding hydrogens is 1000 g/mol. The summed E-state index contributed by atoms with van der Waals surface area (Å²) >= 11 is 0. The van der Waals surface area contributed by atoms with Gasteiger partial charge in [-0.15, -0.1) is 23.8 Å². The van der Waals surface area contributed by atoms with Gasteiger partial charge in [-0.05, 0) is 91.9 Å². The summed E-state index contributed by atoms with van der Waals surface area (Å²) in [4.78, 5) is 14.6. The molecule has 7 aromatic carbocycles. The first kappa shape index (κ1) is 46.6. The maximum Gasteiger partial charge on any atom is 0.399 e. The molecule has 0 amide bonds. The zero-order valence-electron chi connectivity index (χ0n) is 34.3. The number of halogens is 6. The van der Waals surface area contributed by atoms with Gasteiger partial charge >= 0.3 is 12.4 Å². The molecule has 8 aromatic rings. The van der Waals surface area contributed by atoms with Crippen LogP contribution in [-0.2, 0) is 37.3 Å². The summed E-state index contributed by atoms with van der Waals surface area (Å²) in [6.45, 7) is 2.85. The van der Waals surface area contributed by atoms with Crippen LogP contribution in [-0.4, -0.2) is 15.9 Å². The van der Waals surface area contributed by atoms with Crippen molar-refractivity contribution < 1.29 is 56.3 Å². The van der Waals surface area contributed by atoms with Crippen molar-refractivity contribution in [1.82, 2.24) is 4.98 Å². The van der Waals surface area contributed by atoms with Crippen LogP contribution in [0.15, 0.2) is 194 Å². The Balaban J connectivity index is 0.000000787. The van der Waals surface area contributed by atoms with E-state index >= 15 is 0 Å². The molecule has 0 spiro atoms. The number of hydrogen-bond donors (Lipinski definition) is 1. The van der Waals surface area contributed by atoms with Gasteiger partial charge in [-0.1, -0.05) is 164 Å². The quantitative estimate of drug-likeness (QED) is 0.0714. The average molecular weight is 1040 g/mol. The van der Waals surface area contributed by atoms with E-state index in [2.05, 4.69) is 47.4 Å². The second-order valence-electron chi connectivity index (χ2n) is 14.6. The summed E-state index contributed by atoms with van der Waals surface area (Å²) in [5, 5.41) is 8.36. The van der Waals surface area contributed by atoms with Gasteiger partial charge in [0, 0.05) is 37.9 Å². The standard InChI is InChI=1S/C49H30F6N.C5H8O2.Ir/c50-48(51,52)39-28-38(29-40(30-39)49(53,54)55)41-27-26-37(31-56-41)47-45(35-22-12-4-13-23-35)43(33-18-8-2-9-19-33)42(32-16-6-1-7-17-32)44(34-20-10-3-11-21-34)46(47)36-24-14-5-15-25-36;1-4(6)3-5(2)7;/h1-28,30-31H;3,6H,1-2H3;/q-1;;/b;4-3-;. The van der Waals surface area contributed by atoms with Gasteiger partial charge in [-0.3, -0.25) is 4.79 Å². The molecule has 10 heteroatoms. The Hall–Kier alpha value is -6.87. The maximum absolute atomic E-state index is 13.9. The summed E-state index contributed by atoms with van der Waals surface area (Å²) in [5.74, 6) is -0.0625. The number of nitrogens with zero attached hydrogens (tertiary/aromatic N) is 1. The number of ketones is 1. The van der Waals surface area contributed by atoms with Gasteiger partial charge in [-0.25, -0.2) is 0 Å². The Labute approximate surface area is 380 Å². The predicted molar refractivity (Wildman–Crippen MR) is 238 cm³/mol. The molecular formula is C54H38F6IrNO2-. The van der Waals surface area contributed by atoms with E-state index in [0.717, 1.165) is 61.2 Å². The number of benzene rings is 7. The van der Waals surface area contributed by atoms with Gasteiger partial charge in [0.2, 0.25) is 0 Å². The number of rotatable bonds is 8. The third kappa shape index (κ3) is 10.7. The van der Waals surface area contributed by atoms with Crippen molar-refractivity contribution in [1.29, 1.82) is 0 Å². The number of hydrogen-bond acceptors (Lipinski definition) is 3. The summed E-state index contributed by atoms with van der Waals surface area (Å²) in [6, 6.07) is 56.3. The van der Waals surface area contributed by atoms with E-state index in [4.69, 9.17) is 5.11 Å². The third-order valence-corrected chi connectivity index (χ3v) is 10.1. The maximum atomic E-state index is 13.9. The van der Waals surface area contributed by atoms with Crippen LogP contribution in [0.3, 0.4) is 0 Å². The van der Waals surface area contributed by atoms with Crippen LogP contribution in [0.2, 0.25) is 0 Å². The molecule has 0 aliphatic rings. The van der Waals surface area contributed by atoms with Crippen molar-refractivity contribution in [2.45, 2.75) is 26.2 Å². The summed E-state index contributed by atoms with van der Waals surface area (Å²) < 4.78 is 83.1. The molecule has 0 aliphatic heterocycles. The van der Waals surface area contributed by atoms with E-state index in [1.54, 1.807) is 6.07 Å². The molecule has 0 aliphatic carbocycles. The van der Waals surface area contributed by atoms with Crippen LogP contribution < -0.4 is 0 Å². The van der Waals surface area contributed by atoms with Crippen LogP contribution in [0.1, 0.15) is 25.0 Å². The van der Waals surface area contributed by atoms with Gasteiger partial charge in [0.1, 0.15) is 0 Å². The fourth-order valence-electron chi connectivity index (χ4n) is 7.53. The number of aliphatic hydroxyl groups excluding tert-OH is 1. The number of aromatic nitrogens is 1. The van der Waals surface area contributed by atoms with Gasteiger partial charge in [-0.2, -0.15) is 26.3 Å². The van der Waals surface area contributed by atoms with Crippen molar-refractivity contribution in [3.8, 4) is 78.0 Å². The van der Waals surface area contributed by atoms with Gasteiger partial charge in [0.15, 0.2) is 5.78 Å². The minimum Gasteiger partial charge on any atom is -0.512 e. The first-order valence-corrected chi connectivity index (χ1v) is 19.8. The van der Waals surface area contributed by atoms with Crippen LogP contribution in [0.5, 0.6) is 0 Å². The van der Waals surface area contributed by atoms with Crippen LogP contribution in [0.4, 0.5) is 26.3 Å². The molecule has 0 fully saturated rings. The summed E-state index contributed by atoms with van der Waals surface area (Å²) in [5.41, 5.74) is 7.29. The molecule has 0 bridgehead atoms. The first-order chi connectivity index (χ1) is 30.2. The number of alkyl halides is 6. The van der Waals surface area contributed by atoms with Crippen molar-refractivity contribution in [3.05, 3.63) is 211 Å². The zero-order valence-corrected chi connectivity index (χ0v) is 36.7. The van der Waals surface area contributed by atoms with E-state index in [1.165, 1.54) is 32.2 Å². The predicted octanol–water partition coefficient (Wildman–Crippen LogP) is 15.6. The minimum absolute atomic E-state index is 0. The molecule has 0 unspecified atom stereocenters. The number of aliphatic hydroxyl groups is 1.